The van der Waals surface area contributed by atoms with Gasteiger partial charge in [0.25, 0.3) is 0 Å². The molecule has 0 amide bonds. The molecule has 1 aliphatic heterocycles. The van der Waals surface area contributed by atoms with Crippen LogP contribution in [0.15, 0.2) is 23.3 Å². The lowest BCUT2D eigenvalue weighted by Gasteiger charge is -2.34. The molecule has 1 aromatic rings. The molecule has 1 fully saturated rings. The van der Waals surface area contributed by atoms with E-state index in [1.807, 2.05) is 26.0 Å². The molecule has 0 aromatic carbocycles. The highest BCUT2D eigenvalue weighted by molar-refractivity contribution is 14.0. The van der Waals surface area contributed by atoms with Gasteiger partial charge in [-0.15, -0.1) is 24.0 Å². The highest BCUT2D eigenvalue weighted by atomic mass is 127. The largest absolute Gasteiger partial charge is 0.475 e. The first-order chi connectivity index (χ1) is 14.0. The van der Waals surface area contributed by atoms with Gasteiger partial charge in [-0.3, -0.25) is 4.90 Å². The standard InChI is InChI=1S/C20H35N5O4.HI/c1-4-21-19(24-15-20(2,26)16-25-8-10-28-11-9-25)23-14-17-6-5-7-22-18(17)29-13-12-27-3;/h5-7,26H,4,8-16H2,1-3H3,(H2,21,23,24);1H. The van der Waals surface area contributed by atoms with Gasteiger partial charge in [0.05, 0.1) is 32.0 Å². The van der Waals surface area contributed by atoms with Crippen LogP contribution in [-0.2, 0) is 16.0 Å². The number of β-amino-alcohol motifs (C(OH)–C–C–N with tert-alkyl or cyclic N) is 1. The van der Waals surface area contributed by atoms with E-state index in [0.717, 1.165) is 25.2 Å². The zero-order valence-corrected chi connectivity index (χ0v) is 20.6. The Labute approximate surface area is 196 Å². The summed E-state index contributed by atoms with van der Waals surface area (Å²) in [5.41, 5.74) is 0.0110. The van der Waals surface area contributed by atoms with Crippen LogP contribution in [0, 0.1) is 0 Å². The molecular weight excluding hydrogens is 501 g/mol. The van der Waals surface area contributed by atoms with E-state index in [0.29, 0.717) is 57.9 Å². The molecule has 9 nitrogen and oxygen atoms in total. The molecule has 2 rings (SSSR count). The molecule has 30 heavy (non-hydrogen) atoms. The predicted molar refractivity (Wildman–Crippen MR) is 128 cm³/mol. The lowest BCUT2D eigenvalue weighted by atomic mass is 10.1. The number of nitrogens with zero attached hydrogens (tertiary/aromatic N) is 3. The van der Waals surface area contributed by atoms with Crippen LogP contribution < -0.4 is 15.4 Å². The SMILES string of the molecule is CCNC(=NCc1cccnc1OCCOC)NCC(C)(O)CN1CCOCC1.I. The summed E-state index contributed by atoms with van der Waals surface area (Å²) in [6.07, 6.45) is 1.70. The van der Waals surface area contributed by atoms with Gasteiger partial charge in [-0.1, -0.05) is 6.07 Å². The molecule has 1 saturated heterocycles. The predicted octanol–water partition coefficient (Wildman–Crippen LogP) is 0.863. The molecule has 0 radical (unpaired) electrons. The Balaban J connectivity index is 0.00000450. The zero-order valence-electron chi connectivity index (χ0n) is 18.2. The quantitative estimate of drug-likeness (QED) is 0.166. The molecule has 172 valence electrons. The van der Waals surface area contributed by atoms with Gasteiger partial charge in [0, 0.05) is 51.6 Å². The van der Waals surface area contributed by atoms with Crippen LogP contribution in [0.4, 0.5) is 0 Å². The first-order valence-corrected chi connectivity index (χ1v) is 10.1. The van der Waals surface area contributed by atoms with Gasteiger partial charge in [0.1, 0.15) is 6.61 Å². The Bertz CT molecular complexity index is 627. The molecule has 1 unspecified atom stereocenters. The van der Waals surface area contributed by atoms with Gasteiger partial charge in [-0.05, 0) is 19.9 Å². The molecule has 0 saturated carbocycles. The number of aliphatic imine (C=N–C) groups is 1. The Hall–Kier alpha value is -1.21. The van der Waals surface area contributed by atoms with Crippen LogP contribution in [0.25, 0.3) is 0 Å². The van der Waals surface area contributed by atoms with Gasteiger partial charge < -0.3 is 30.0 Å². The maximum Gasteiger partial charge on any atom is 0.218 e. The molecule has 10 heteroatoms. The number of nitrogens with one attached hydrogen (secondary N) is 2. The average Bonchev–Trinajstić information content (AvgIpc) is 2.71. The molecule has 1 aliphatic rings. The van der Waals surface area contributed by atoms with Gasteiger partial charge in [-0.25, -0.2) is 9.98 Å². The third-order valence-corrected chi connectivity index (χ3v) is 4.43. The Morgan fingerprint density at radius 1 is 1.33 bits per heavy atom. The number of aromatic nitrogens is 1. The van der Waals surface area contributed by atoms with E-state index in [2.05, 4.69) is 25.5 Å². The van der Waals surface area contributed by atoms with Gasteiger partial charge in [0.15, 0.2) is 5.96 Å². The number of hydrogen-bond acceptors (Lipinski definition) is 7. The molecule has 2 heterocycles. The van der Waals surface area contributed by atoms with E-state index in [4.69, 9.17) is 14.2 Å². The minimum atomic E-state index is -0.879. The minimum absolute atomic E-state index is 0. The van der Waals surface area contributed by atoms with Crippen molar-refractivity contribution in [1.82, 2.24) is 20.5 Å². The second-order valence-electron chi connectivity index (χ2n) is 7.24. The van der Waals surface area contributed by atoms with Crippen molar-refractivity contribution in [3.05, 3.63) is 23.9 Å². The van der Waals surface area contributed by atoms with E-state index in [-0.39, 0.29) is 24.0 Å². The van der Waals surface area contributed by atoms with E-state index in [1.165, 1.54) is 0 Å². The lowest BCUT2D eigenvalue weighted by molar-refractivity contribution is -0.0201. The number of halogens is 1. The zero-order chi connectivity index (χ0) is 21.0. The summed E-state index contributed by atoms with van der Waals surface area (Å²) in [4.78, 5) is 11.1. The van der Waals surface area contributed by atoms with Gasteiger partial charge in [0.2, 0.25) is 5.88 Å². The minimum Gasteiger partial charge on any atom is -0.475 e. The lowest BCUT2D eigenvalue weighted by Crippen LogP contribution is -2.52. The number of pyridine rings is 1. The van der Waals surface area contributed by atoms with Crippen molar-refractivity contribution in [1.29, 1.82) is 0 Å². The van der Waals surface area contributed by atoms with Crippen LogP contribution in [0.2, 0.25) is 0 Å². The summed E-state index contributed by atoms with van der Waals surface area (Å²) in [5, 5.41) is 17.2. The number of methoxy groups -OCH3 is 1. The van der Waals surface area contributed by atoms with E-state index in [1.54, 1.807) is 13.3 Å². The van der Waals surface area contributed by atoms with Crippen molar-refractivity contribution in [2.45, 2.75) is 26.0 Å². The molecule has 0 bridgehead atoms. The maximum absolute atomic E-state index is 10.8. The highest BCUT2D eigenvalue weighted by Gasteiger charge is 2.25. The maximum atomic E-state index is 10.8. The van der Waals surface area contributed by atoms with Crippen LogP contribution in [0.3, 0.4) is 0 Å². The Kier molecular flexibility index (Phi) is 13.2. The van der Waals surface area contributed by atoms with Crippen LogP contribution in [0.5, 0.6) is 5.88 Å². The third-order valence-electron chi connectivity index (χ3n) is 4.43. The topological polar surface area (TPSA) is 100 Å². The normalized spacial score (nSPS) is 17.0. The van der Waals surface area contributed by atoms with Crippen molar-refractivity contribution in [3.8, 4) is 5.88 Å². The molecular formula is C20H36IN5O4. The summed E-state index contributed by atoms with van der Waals surface area (Å²) in [5.74, 6) is 1.20. The third kappa shape index (κ3) is 10.2. The fraction of sp³-hybridized carbons (Fsp3) is 0.700. The summed E-state index contributed by atoms with van der Waals surface area (Å²) in [6.45, 7) is 10.0. The summed E-state index contributed by atoms with van der Waals surface area (Å²) >= 11 is 0. The number of hydrogen-bond donors (Lipinski definition) is 3. The van der Waals surface area contributed by atoms with Crippen LogP contribution >= 0.6 is 24.0 Å². The Morgan fingerprint density at radius 3 is 2.80 bits per heavy atom. The monoisotopic (exact) mass is 537 g/mol. The highest BCUT2D eigenvalue weighted by Crippen LogP contribution is 2.15. The fourth-order valence-electron chi connectivity index (χ4n) is 2.97. The first kappa shape index (κ1) is 26.8. The molecule has 1 aromatic heterocycles. The Morgan fingerprint density at radius 2 is 2.10 bits per heavy atom. The second-order valence-corrected chi connectivity index (χ2v) is 7.24. The van der Waals surface area contributed by atoms with Crippen molar-refractivity contribution < 1.29 is 19.3 Å². The number of ether oxygens (including phenoxy) is 3. The molecule has 0 aliphatic carbocycles. The van der Waals surface area contributed by atoms with Crippen molar-refractivity contribution in [2.75, 3.05) is 66.3 Å². The second kappa shape index (κ2) is 14.7. The summed E-state index contributed by atoms with van der Waals surface area (Å²) < 4.78 is 16.1. The van der Waals surface area contributed by atoms with Crippen molar-refractivity contribution in [3.63, 3.8) is 0 Å². The number of morpholine rings is 1. The summed E-state index contributed by atoms with van der Waals surface area (Å²) in [6, 6.07) is 3.80. The number of aliphatic hydroxyl groups is 1. The number of guanidine groups is 1. The van der Waals surface area contributed by atoms with Crippen LogP contribution in [0.1, 0.15) is 19.4 Å². The molecule has 0 spiro atoms. The average molecular weight is 537 g/mol. The van der Waals surface area contributed by atoms with Crippen molar-refractivity contribution in [2.24, 2.45) is 4.99 Å². The first-order valence-electron chi connectivity index (χ1n) is 10.1. The van der Waals surface area contributed by atoms with Gasteiger partial charge in [-0.2, -0.15) is 0 Å². The van der Waals surface area contributed by atoms with Gasteiger partial charge >= 0.3 is 0 Å². The van der Waals surface area contributed by atoms with E-state index in [9.17, 15) is 5.11 Å². The fourth-order valence-corrected chi connectivity index (χ4v) is 2.97. The van der Waals surface area contributed by atoms with Crippen molar-refractivity contribution >= 4 is 29.9 Å². The van der Waals surface area contributed by atoms with E-state index >= 15 is 0 Å². The van der Waals surface area contributed by atoms with E-state index < -0.39 is 5.60 Å². The summed E-state index contributed by atoms with van der Waals surface area (Å²) in [7, 11) is 1.63. The molecule has 3 N–H and O–H groups in total. The molecule has 1 atom stereocenters. The van der Waals surface area contributed by atoms with Crippen LogP contribution in [-0.4, -0.2) is 92.8 Å². The smallest absolute Gasteiger partial charge is 0.218 e. The number of rotatable bonds is 11.